The zero-order chi connectivity index (χ0) is 34.6. The number of rotatable bonds is 2. The number of aromatic nitrogens is 2. The molecule has 8 nitrogen and oxygen atoms in total. The van der Waals surface area contributed by atoms with Gasteiger partial charge in [-0.1, -0.05) is 36.4 Å². The highest BCUT2D eigenvalue weighted by atomic mass is 15.2. The molecule has 1 aromatic heterocycles. The van der Waals surface area contributed by atoms with Gasteiger partial charge < -0.3 is 27.8 Å². The van der Waals surface area contributed by atoms with Crippen molar-refractivity contribution in [2.75, 3.05) is 22.1 Å². The van der Waals surface area contributed by atoms with Crippen LogP contribution in [0.3, 0.4) is 0 Å². The topological polar surface area (TPSA) is 136 Å². The van der Waals surface area contributed by atoms with Crippen LogP contribution in [0.25, 0.3) is 27.8 Å². The Labute approximate surface area is 286 Å². The Morgan fingerprint density at radius 1 is 0.633 bits per heavy atom. The van der Waals surface area contributed by atoms with Crippen molar-refractivity contribution in [3.8, 4) is 5.69 Å². The predicted molar refractivity (Wildman–Crippen MR) is 205 cm³/mol. The Hall–Kier alpha value is -6.15. The minimum Gasteiger partial charge on any atom is -0.399 e. The van der Waals surface area contributed by atoms with E-state index < -0.39 is 0 Å². The molecule has 5 aromatic carbocycles. The lowest BCUT2D eigenvalue weighted by molar-refractivity contribution is -0.538. The van der Waals surface area contributed by atoms with Crippen molar-refractivity contribution in [1.82, 2.24) is 4.98 Å². The van der Waals surface area contributed by atoms with Crippen LogP contribution in [0.15, 0.2) is 119 Å². The third kappa shape index (κ3) is 5.61. The maximum Gasteiger partial charge on any atom is 0.239 e. The Balaban J connectivity index is 0.000000154. The van der Waals surface area contributed by atoms with E-state index in [1.807, 2.05) is 88.4 Å². The van der Waals surface area contributed by atoms with Crippen LogP contribution < -0.4 is 32.4 Å². The lowest BCUT2D eigenvalue weighted by Gasteiger charge is -2.38. The molecule has 8 heteroatoms. The van der Waals surface area contributed by atoms with Gasteiger partial charge in [0.1, 0.15) is 11.0 Å². The first kappa shape index (κ1) is 31.4. The summed E-state index contributed by atoms with van der Waals surface area (Å²) in [5.74, 6) is 0. The maximum atomic E-state index is 6.20. The van der Waals surface area contributed by atoms with Gasteiger partial charge in [0.2, 0.25) is 16.7 Å². The largest absolute Gasteiger partial charge is 0.399 e. The van der Waals surface area contributed by atoms with Crippen molar-refractivity contribution in [2.45, 2.75) is 40.7 Å². The van der Waals surface area contributed by atoms with Crippen LogP contribution in [0.4, 0.5) is 34.1 Å². The van der Waals surface area contributed by atoms with Gasteiger partial charge in [-0.05, 0) is 105 Å². The molecule has 49 heavy (non-hydrogen) atoms. The minimum absolute atomic E-state index is 0.0225. The third-order valence-electron chi connectivity index (χ3n) is 9.45. The molecule has 0 saturated carbocycles. The number of para-hydroxylation sites is 2. The van der Waals surface area contributed by atoms with E-state index in [4.69, 9.17) is 32.9 Å². The van der Waals surface area contributed by atoms with E-state index in [-0.39, 0.29) is 6.04 Å². The number of aliphatic imine (C=N–C) groups is 1. The van der Waals surface area contributed by atoms with Crippen LogP contribution in [0.2, 0.25) is 0 Å². The first-order chi connectivity index (χ1) is 23.5. The van der Waals surface area contributed by atoms with E-state index in [2.05, 4.69) is 58.9 Å². The van der Waals surface area contributed by atoms with Crippen molar-refractivity contribution >= 4 is 61.9 Å². The number of nitrogens with zero attached hydrogens (tertiary/aromatic N) is 4. The normalized spacial score (nSPS) is 15.1. The van der Waals surface area contributed by atoms with Gasteiger partial charge in [-0.15, -0.1) is 4.57 Å². The maximum absolute atomic E-state index is 6.20. The summed E-state index contributed by atoms with van der Waals surface area (Å²) >= 11 is 0. The summed E-state index contributed by atoms with van der Waals surface area (Å²) in [4.78, 5) is 12.0. The second kappa shape index (κ2) is 12.1. The molecule has 6 aromatic rings. The number of allylic oxidation sites excluding steroid dienone is 1. The number of hydrogen-bond acceptors (Lipinski definition) is 7. The lowest BCUT2D eigenvalue weighted by atomic mass is 9.94. The van der Waals surface area contributed by atoms with E-state index in [9.17, 15) is 0 Å². The Morgan fingerprint density at radius 3 is 1.84 bits per heavy atom. The van der Waals surface area contributed by atoms with Gasteiger partial charge in [0, 0.05) is 52.2 Å². The molecule has 1 aliphatic heterocycles. The average Bonchev–Trinajstić information content (AvgIpc) is 3.07. The summed E-state index contributed by atoms with van der Waals surface area (Å²) in [6, 6.07) is 30.7. The summed E-state index contributed by atoms with van der Waals surface area (Å²) in [5.41, 5.74) is 42.1. The molecule has 0 radical (unpaired) electrons. The molecule has 1 atom stereocenters. The first-order valence-corrected chi connectivity index (χ1v) is 16.4. The first-order valence-electron chi connectivity index (χ1n) is 16.4. The minimum atomic E-state index is -0.0225. The fourth-order valence-electron chi connectivity index (χ4n) is 6.51. The van der Waals surface area contributed by atoms with Gasteiger partial charge in [0.05, 0.1) is 23.1 Å². The monoisotopic (exact) mass is 645 g/mol. The molecular formula is C41H41N8+. The van der Waals surface area contributed by atoms with Crippen LogP contribution in [0, 0.1) is 27.7 Å². The van der Waals surface area contributed by atoms with E-state index in [1.54, 1.807) is 0 Å². The fraction of sp³-hybridized carbons (Fsp3) is 0.146. The summed E-state index contributed by atoms with van der Waals surface area (Å²) in [6.07, 6.45) is 4.14. The highest BCUT2D eigenvalue weighted by molar-refractivity contribution is 6.10. The zero-order valence-corrected chi connectivity index (χ0v) is 28.5. The van der Waals surface area contributed by atoms with Crippen molar-refractivity contribution in [3.63, 3.8) is 0 Å². The zero-order valence-electron chi connectivity index (χ0n) is 28.5. The quantitative estimate of drug-likeness (QED) is 0.0865. The number of anilines is 5. The molecule has 2 heterocycles. The molecule has 0 bridgehead atoms. The van der Waals surface area contributed by atoms with E-state index in [0.29, 0.717) is 0 Å². The van der Waals surface area contributed by atoms with E-state index >= 15 is 0 Å². The molecule has 1 unspecified atom stereocenters. The van der Waals surface area contributed by atoms with Crippen molar-refractivity contribution < 1.29 is 4.57 Å². The lowest BCUT2D eigenvalue weighted by Crippen LogP contribution is -2.40. The van der Waals surface area contributed by atoms with Crippen LogP contribution in [0.1, 0.15) is 29.2 Å². The van der Waals surface area contributed by atoms with Crippen molar-refractivity contribution in [1.29, 1.82) is 0 Å². The number of nitrogens with two attached hydrogens (primary N) is 4. The molecule has 0 saturated heterocycles. The van der Waals surface area contributed by atoms with Crippen LogP contribution in [0.5, 0.6) is 0 Å². The third-order valence-corrected chi connectivity index (χ3v) is 9.45. The van der Waals surface area contributed by atoms with Gasteiger partial charge in [-0.25, -0.2) is 9.98 Å². The second-order valence-electron chi connectivity index (χ2n) is 13.0. The molecule has 1 aliphatic carbocycles. The summed E-state index contributed by atoms with van der Waals surface area (Å²) in [6.45, 7) is 10.1. The molecule has 0 spiro atoms. The molecule has 244 valence electrons. The highest BCUT2D eigenvalue weighted by Gasteiger charge is 2.32. The number of aryl methyl sites for hydroxylation is 4. The van der Waals surface area contributed by atoms with Gasteiger partial charge in [0.15, 0.2) is 0 Å². The summed E-state index contributed by atoms with van der Waals surface area (Å²) in [5, 5.41) is 0. The fourth-order valence-corrected chi connectivity index (χ4v) is 6.51. The van der Waals surface area contributed by atoms with Crippen molar-refractivity contribution in [3.05, 3.63) is 137 Å². The Kier molecular flexibility index (Phi) is 7.79. The van der Waals surface area contributed by atoms with E-state index in [0.717, 1.165) is 95.6 Å². The van der Waals surface area contributed by atoms with Crippen LogP contribution >= 0.6 is 0 Å². The van der Waals surface area contributed by atoms with Gasteiger partial charge in [0.25, 0.3) is 0 Å². The molecule has 2 aliphatic rings. The van der Waals surface area contributed by atoms with Gasteiger partial charge in [-0.2, -0.15) is 0 Å². The molecule has 0 amide bonds. The van der Waals surface area contributed by atoms with Crippen molar-refractivity contribution in [2.24, 2.45) is 10.7 Å². The molecule has 0 fully saturated rings. The number of benzene rings is 5. The standard InChI is InChI=1S/C21H20N4.C20H20N4/c1-12-6-4-5-7-19(12)25-20-10-15(22)13(2)8-17(20)24-18-9-14(3)16(23)11-21(18)25;1-12-8-17-19(10-15(12)21)24(14-6-4-3-5-7-14)20-11-16(22)13(2)9-18(20)23-17/h4-11H,1-3H3,(H3,22,23);3-11,19H,21-22H2,1-2H3/p+1. The van der Waals surface area contributed by atoms with Crippen LogP contribution in [-0.2, 0) is 0 Å². The van der Waals surface area contributed by atoms with Crippen LogP contribution in [-0.4, -0.2) is 16.7 Å². The summed E-state index contributed by atoms with van der Waals surface area (Å²) < 4.78 is 2.21. The average molecular weight is 646 g/mol. The number of nitrogen functional groups attached to an aromatic ring is 3. The highest BCUT2D eigenvalue weighted by Crippen LogP contribution is 2.43. The molecule has 8 rings (SSSR count). The molecule has 8 N–H and O–H groups in total. The number of fused-ring (bicyclic) bond motifs is 4. The predicted octanol–water partition coefficient (Wildman–Crippen LogP) is 7.73. The Bertz CT molecular complexity index is 2320. The summed E-state index contributed by atoms with van der Waals surface area (Å²) in [7, 11) is 0. The SMILES string of the molecule is CC1=CC2=Nc3cc(C)c(N)cc3N(c3ccccc3)C2C=C1N.Cc1cc2nc3cc(C)c(N)cc3[n+](-c3ccccc3C)c2cc1N. The van der Waals surface area contributed by atoms with Gasteiger partial charge >= 0.3 is 0 Å². The van der Waals surface area contributed by atoms with E-state index in [1.165, 1.54) is 5.56 Å². The Morgan fingerprint density at radius 2 is 1.20 bits per heavy atom. The molecular weight excluding hydrogens is 605 g/mol. The number of hydrogen-bond donors (Lipinski definition) is 4. The smallest absolute Gasteiger partial charge is 0.239 e. The second-order valence-corrected chi connectivity index (χ2v) is 13.0. The van der Waals surface area contributed by atoms with Gasteiger partial charge in [-0.3, -0.25) is 0 Å².